The van der Waals surface area contributed by atoms with Crippen LogP contribution < -0.4 is 0 Å². The van der Waals surface area contributed by atoms with E-state index < -0.39 is 52.7 Å². The lowest BCUT2D eigenvalue weighted by Crippen LogP contribution is -2.42. The normalized spacial score (nSPS) is 25.1. The molecule has 0 aliphatic heterocycles. The van der Waals surface area contributed by atoms with E-state index in [0.717, 1.165) is 5.56 Å². The number of aliphatic hydroxyl groups excluding tert-OH is 1. The summed E-state index contributed by atoms with van der Waals surface area (Å²) in [7, 11) is 0. The Labute approximate surface area is 202 Å². The highest BCUT2D eigenvalue weighted by molar-refractivity contribution is 6.38. The molecule has 0 amide bonds. The van der Waals surface area contributed by atoms with Crippen LogP contribution in [0.2, 0.25) is 0 Å². The molecular weight excluding hydrogens is 467 g/mol. The summed E-state index contributed by atoms with van der Waals surface area (Å²) < 4.78 is 5.64. The lowest BCUT2D eigenvalue weighted by molar-refractivity contribution is -0.139. The zero-order valence-electron chi connectivity index (χ0n) is 18.0. The van der Waals surface area contributed by atoms with Gasteiger partial charge in [0.2, 0.25) is 0 Å². The Bertz CT molecular complexity index is 967. The number of carboxylic acid groups (broad SMARTS) is 1. The van der Waals surface area contributed by atoms with Crippen molar-refractivity contribution in [1.82, 2.24) is 0 Å². The maximum absolute atomic E-state index is 13.1. The van der Waals surface area contributed by atoms with Crippen LogP contribution in [0.4, 0.5) is 0 Å². The van der Waals surface area contributed by atoms with Crippen molar-refractivity contribution in [2.24, 2.45) is 11.8 Å². The van der Waals surface area contributed by atoms with Crippen LogP contribution in [0.25, 0.3) is 0 Å². The van der Waals surface area contributed by atoms with E-state index >= 15 is 0 Å². The molecule has 0 heterocycles. The molecule has 6 nitrogen and oxygen atoms in total. The average molecular weight is 493 g/mol. The number of halogens is 2. The number of esters is 1. The van der Waals surface area contributed by atoms with E-state index in [0.29, 0.717) is 5.56 Å². The second-order valence-electron chi connectivity index (χ2n) is 8.33. The Morgan fingerprint density at radius 1 is 1.03 bits per heavy atom. The van der Waals surface area contributed by atoms with Crippen LogP contribution in [0.1, 0.15) is 41.6 Å². The fourth-order valence-electron chi connectivity index (χ4n) is 4.42. The van der Waals surface area contributed by atoms with Crippen LogP contribution in [-0.4, -0.2) is 50.9 Å². The minimum absolute atomic E-state index is 0.0104. The summed E-state index contributed by atoms with van der Waals surface area (Å²) in [4.78, 5) is 37.2. The smallest absolute Gasteiger partial charge is 0.338 e. The molecule has 33 heavy (non-hydrogen) atoms. The Morgan fingerprint density at radius 3 is 2.18 bits per heavy atom. The molecule has 1 aliphatic carbocycles. The number of carboxylic acids is 1. The highest BCUT2D eigenvalue weighted by Crippen LogP contribution is 2.43. The number of Topliss-reactive ketones (excluding diaryl/α,β-unsaturated/α-hetero) is 1. The topological polar surface area (TPSA) is 101 Å². The molecule has 1 saturated carbocycles. The molecule has 0 spiro atoms. The van der Waals surface area contributed by atoms with Gasteiger partial charge in [0.1, 0.15) is 11.5 Å². The first kappa shape index (κ1) is 25.2. The summed E-state index contributed by atoms with van der Waals surface area (Å²) in [5, 5.41) is 17.7. The van der Waals surface area contributed by atoms with E-state index in [1.54, 1.807) is 37.3 Å². The standard InChI is InChI=1S/C25H26Cl2O6/c1-14(15-8-4-2-5-9-15)24(31)23(27)22(26)21-17(12-20(29)30)18(28)13-19(21)33-25(32)16-10-6-3-7-11-16/h2-11,14,17-19,21-23,28H,12-13H2,1H3,(H,29,30)/t14?,17-,18-,19+,21-,22?,23?/m0/s1. The Balaban J connectivity index is 1.83. The first-order valence-corrected chi connectivity index (χ1v) is 11.6. The Hall–Kier alpha value is -2.41. The van der Waals surface area contributed by atoms with Gasteiger partial charge in [-0.3, -0.25) is 9.59 Å². The van der Waals surface area contributed by atoms with Gasteiger partial charge in [0.25, 0.3) is 0 Å². The first-order valence-electron chi connectivity index (χ1n) is 10.7. The van der Waals surface area contributed by atoms with Crippen molar-refractivity contribution >= 4 is 40.9 Å². The van der Waals surface area contributed by atoms with Crippen LogP contribution in [0.5, 0.6) is 0 Å². The van der Waals surface area contributed by atoms with Crippen LogP contribution in [0, 0.1) is 11.8 Å². The molecule has 0 radical (unpaired) electrons. The van der Waals surface area contributed by atoms with Gasteiger partial charge in [-0.25, -0.2) is 4.79 Å². The molecule has 2 N–H and O–H groups in total. The van der Waals surface area contributed by atoms with Crippen molar-refractivity contribution in [2.45, 2.75) is 48.6 Å². The maximum Gasteiger partial charge on any atom is 0.338 e. The highest BCUT2D eigenvalue weighted by Gasteiger charge is 2.51. The lowest BCUT2D eigenvalue weighted by Gasteiger charge is -2.31. The number of hydrogen-bond donors (Lipinski definition) is 2. The molecule has 1 aliphatic rings. The number of hydrogen-bond acceptors (Lipinski definition) is 5. The van der Waals surface area contributed by atoms with E-state index in [9.17, 15) is 24.6 Å². The third kappa shape index (κ3) is 5.94. The van der Waals surface area contributed by atoms with E-state index in [4.69, 9.17) is 27.9 Å². The summed E-state index contributed by atoms with van der Waals surface area (Å²) in [6.07, 6.45) is -2.33. The van der Waals surface area contributed by atoms with Crippen molar-refractivity contribution in [3.8, 4) is 0 Å². The zero-order chi connectivity index (χ0) is 24.1. The molecular formula is C25H26Cl2O6. The maximum atomic E-state index is 13.1. The second-order valence-corrected chi connectivity index (χ2v) is 9.31. The zero-order valence-corrected chi connectivity index (χ0v) is 19.5. The van der Waals surface area contributed by atoms with Gasteiger partial charge in [-0.05, 0) is 17.7 Å². The molecule has 8 heteroatoms. The van der Waals surface area contributed by atoms with Gasteiger partial charge in [-0.1, -0.05) is 55.5 Å². The Morgan fingerprint density at radius 2 is 1.61 bits per heavy atom. The minimum atomic E-state index is -1.17. The number of aliphatic hydroxyl groups is 1. The molecule has 0 bridgehead atoms. The predicted octanol–water partition coefficient (Wildman–Crippen LogP) is 4.27. The molecule has 3 rings (SSSR count). The van der Waals surface area contributed by atoms with E-state index in [1.165, 1.54) is 0 Å². The lowest BCUT2D eigenvalue weighted by atomic mass is 9.83. The SMILES string of the molecule is CC(C(=O)C(Cl)C(Cl)[C@H]1[C@@H](CC(=O)O)[C@@H](O)C[C@H]1OC(=O)c1ccccc1)c1ccccc1. The van der Waals surface area contributed by atoms with Gasteiger partial charge >= 0.3 is 11.9 Å². The van der Waals surface area contributed by atoms with Crippen LogP contribution >= 0.6 is 23.2 Å². The van der Waals surface area contributed by atoms with Crippen molar-refractivity contribution in [2.75, 3.05) is 0 Å². The predicted molar refractivity (Wildman–Crippen MR) is 125 cm³/mol. The largest absolute Gasteiger partial charge is 0.481 e. The number of ether oxygens (including phenoxy) is 1. The minimum Gasteiger partial charge on any atom is -0.481 e. The number of ketones is 1. The summed E-state index contributed by atoms with van der Waals surface area (Å²) >= 11 is 13.2. The fraction of sp³-hybridized carbons (Fsp3) is 0.400. The first-order chi connectivity index (χ1) is 15.7. The molecule has 1 fully saturated rings. The summed E-state index contributed by atoms with van der Waals surface area (Å²) in [5.41, 5.74) is 1.09. The van der Waals surface area contributed by atoms with E-state index in [1.807, 2.05) is 30.3 Å². The number of carbonyl (C=O) groups is 3. The fourth-order valence-corrected chi connectivity index (χ4v) is 5.25. The van der Waals surface area contributed by atoms with Crippen molar-refractivity contribution in [3.05, 3.63) is 71.8 Å². The third-order valence-corrected chi connectivity index (χ3v) is 7.37. The molecule has 0 aromatic heterocycles. The summed E-state index contributed by atoms with van der Waals surface area (Å²) in [6, 6.07) is 17.4. The summed E-state index contributed by atoms with van der Waals surface area (Å²) in [6.45, 7) is 1.72. The number of rotatable bonds is 9. The van der Waals surface area contributed by atoms with Crippen LogP contribution in [-0.2, 0) is 14.3 Å². The molecule has 2 aromatic carbocycles. The molecule has 7 atom stereocenters. The number of aliphatic carboxylic acids is 1. The van der Waals surface area contributed by atoms with Gasteiger partial charge in [0.05, 0.1) is 23.5 Å². The Kier molecular flexibility index (Phi) is 8.51. The van der Waals surface area contributed by atoms with Crippen molar-refractivity contribution in [1.29, 1.82) is 0 Å². The van der Waals surface area contributed by atoms with E-state index in [2.05, 4.69) is 0 Å². The van der Waals surface area contributed by atoms with Gasteiger partial charge in [-0.2, -0.15) is 0 Å². The van der Waals surface area contributed by atoms with Crippen LogP contribution in [0.15, 0.2) is 60.7 Å². The molecule has 176 valence electrons. The summed E-state index contributed by atoms with van der Waals surface area (Å²) in [5.74, 6) is -4.25. The highest BCUT2D eigenvalue weighted by atomic mass is 35.5. The molecule has 2 aromatic rings. The van der Waals surface area contributed by atoms with Gasteiger partial charge in [0, 0.05) is 24.2 Å². The number of carbonyl (C=O) groups excluding carboxylic acids is 2. The van der Waals surface area contributed by atoms with Gasteiger partial charge < -0.3 is 14.9 Å². The van der Waals surface area contributed by atoms with Gasteiger partial charge in [0.15, 0.2) is 5.78 Å². The quantitative estimate of drug-likeness (QED) is 0.400. The number of benzene rings is 2. The second kappa shape index (κ2) is 11.1. The van der Waals surface area contributed by atoms with E-state index in [-0.39, 0.29) is 18.6 Å². The van der Waals surface area contributed by atoms with Gasteiger partial charge in [-0.15, -0.1) is 23.2 Å². The van der Waals surface area contributed by atoms with Crippen molar-refractivity contribution < 1.29 is 29.3 Å². The monoisotopic (exact) mass is 492 g/mol. The van der Waals surface area contributed by atoms with Crippen LogP contribution in [0.3, 0.4) is 0 Å². The molecule has 3 unspecified atom stereocenters. The average Bonchev–Trinajstić information content (AvgIpc) is 3.11. The molecule has 0 saturated heterocycles. The number of alkyl halides is 2. The third-order valence-electron chi connectivity index (χ3n) is 6.22. The van der Waals surface area contributed by atoms with Crippen molar-refractivity contribution in [3.63, 3.8) is 0 Å².